The molecular weight excluding hydrogens is 250 g/mol. The number of hydrogen-bond donors (Lipinski definition) is 2. The summed E-state index contributed by atoms with van der Waals surface area (Å²) < 4.78 is 0. The van der Waals surface area contributed by atoms with Gasteiger partial charge in [0.1, 0.15) is 0 Å². The maximum Gasteiger partial charge on any atom is 0.238 e. The highest BCUT2D eigenvalue weighted by Crippen LogP contribution is 2.12. The van der Waals surface area contributed by atoms with E-state index in [2.05, 4.69) is 15.6 Å². The molecular formula is C16H19N3O. The molecule has 0 saturated heterocycles. The van der Waals surface area contributed by atoms with Crippen LogP contribution in [0.4, 0.5) is 5.69 Å². The number of nitrogens with one attached hydrogen (secondary N) is 2. The first-order valence-electron chi connectivity index (χ1n) is 6.72. The van der Waals surface area contributed by atoms with E-state index in [1.165, 1.54) is 0 Å². The molecule has 2 N–H and O–H groups in total. The molecule has 0 aliphatic carbocycles. The molecule has 1 aromatic heterocycles. The zero-order valence-electron chi connectivity index (χ0n) is 11.6. The number of rotatable bonds is 6. The van der Waals surface area contributed by atoms with E-state index < -0.39 is 0 Å². The Kier molecular flexibility index (Phi) is 5.26. The predicted molar refractivity (Wildman–Crippen MR) is 80.6 cm³/mol. The Morgan fingerprint density at radius 2 is 1.95 bits per heavy atom. The van der Waals surface area contributed by atoms with Crippen molar-refractivity contribution in [2.24, 2.45) is 0 Å². The molecule has 0 fully saturated rings. The van der Waals surface area contributed by atoms with E-state index in [9.17, 15) is 4.79 Å². The third kappa shape index (κ3) is 4.48. The predicted octanol–water partition coefficient (Wildman–Crippen LogP) is 2.16. The number of aromatic nitrogens is 1. The lowest BCUT2D eigenvalue weighted by molar-refractivity contribution is -0.115. The number of amides is 1. The maximum absolute atomic E-state index is 11.8. The van der Waals surface area contributed by atoms with E-state index >= 15 is 0 Å². The van der Waals surface area contributed by atoms with Crippen LogP contribution in [0.5, 0.6) is 0 Å². The number of benzene rings is 1. The van der Waals surface area contributed by atoms with Crippen molar-refractivity contribution in [3.63, 3.8) is 0 Å². The van der Waals surface area contributed by atoms with Crippen molar-refractivity contribution < 1.29 is 4.79 Å². The average molecular weight is 269 g/mol. The van der Waals surface area contributed by atoms with Crippen molar-refractivity contribution in [3.8, 4) is 0 Å². The first kappa shape index (κ1) is 14.2. The first-order chi connectivity index (χ1) is 9.75. The molecule has 0 spiro atoms. The van der Waals surface area contributed by atoms with Crippen molar-refractivity contribution >= 4 is 11.6 Å². The quantitative estimate of drug-likeness (QED) is 0.790. The molecule has 2 rings (SSSR count). The fraction of sp³-hybridized carbons (Fsp3) is 0.250. The van der Waals surface area contributed by atoms with Gasteiger partial charge in [-0.05, 0) is 30.7 Å². The number of hydrogen-bond acceptors (Lipinski definition) is 3. The largest absolute Gasteiger partial charge is 0.325 e. The summed E-state index contributed by atoms with van der Waals surface area (Å²) in [5, 5.41) is 6.01. The summed E-state index contributed by atoms with van der Waals surface area (Å²) in [6.07, 6.45) is 2.60. The highest BCUT2D eigenvalue weighted by molar-refractivity contribution is 5.92. The van der Waals surface area contributed by atoms with E-state index in [4.69, 9.17) is 0 Å². The lowest BCUT2D eigenvalue weighted by Gasteiger charge is -2.08. The van der Waals surface area contributed by atoms with E-state index in [1.54, 1.807) is 6.20 Å². The minimum Gasteiger partial charge on any atom is -0.325 e. The Balaban J connectivity index is 1.69. The smallest absolute Gasteiger partial charge is 0.238 e. The second kappa shape index (κ2) is 7.40. The molecule has 0 atom stereocenters. The normalized spacial score (nSPS) is 10.2. The Hall–Kier alpha value is -2.20. The van der Waals surface area contributed by atoms with Gasteiger partial charge in [-0.25, -0.2) is 0 Å². The van der Waals surface area contributed by atoms with E-state index in [-0.39, 0.29) is 5.91 Å². The number of para-hydroxylation sites is 1. The minimum absolute atomic E-state index is 0.0275. The van der Waals surface area contributed by atoms with Crippen molar-refractivity contribution in [1.29, 1.82) is 0 Å². The van der Waals surface area contributed by atoms with Crippen LogP contribution in [0.1, 0.15) is 11.3 Å². The van der Waals surface area contributed by atoms with Gasteiger partial charge in [0.15, 0.2) is 0 Å². The molecule has 20 heavy (non-hydrogen) atoms. The zero-order valence-corrected chi connectivity index (χ0v) is 11.6. The number of pyridine rings is 1. The highest BCUT2D eigenvalue weighted by Gasteiger charge is 2.03. The third-order valence-electron chi connectivity index (χ3n) is 2.99. The van der Waals surface area contributed by atoms with E-state index in [0.717, 1.165) is 29.9 Å². The van der Waals surface area contributed by atoms with Gasteiger partial charge in [-0.3, -0.25) is 9.78 Å². The standard InChI is InChI=1S/C16H19N3O/c1-13-6-2-3-8-15(13)19-16(20)12-17-11-9-14-7-4-5-10-18-14/h2-8,10,17H,9,11-12H2,1H3,(H,19,20). The van der Waals surface area contributed by atoms with Gasteiger partial charge in [0, 0.05) is 30.5 Å². The van der Waals surface area contributed by atoms with Gasteiger partial charge >= 0.3 is 0 Å². The van der Waals surface area contributed by atoms with Crippen LogP contribution in [0.3, 0.4) is 0 Å². The van der Waals surface area contributed by atoms with Crippen LogP contribution in [0, 0.1) is 6.92 Å². The van der Waals surface area contributed by atoms with Crippen LogP contribution in [0.25, 0.3) is 0 Å². The van der Waals surface area contributed by atoms with Gasteiger partial charge in [-0.15, -0.1) is 0 Å². The van der Waals surface area contributed by atoms with Crippen molar-refractivity contribution in [2.75, 3.05) is 18.4 Å². The van der Waals surface area contributed by atoms with Gasteiger partial charge in [-0.1, -0.05) is 24.3 Å². The highest BCUT2D eigenvalue weighted by atomic mass is 16.1. The Bertz CT molecular complexity index is 555. The molecule has 0 unspecified atom stereocenters. The summed E-state index contributed by atoms with van der Waals surface area (Å²) in [5.41, 5.74) is 2.96. The number of carbonyl (C=O) groups is 1. The summed E-state index contributed by atoms with van der Waals surface area (Å²) in [6.45, 7) is 3.02. The van der Waals surface area contributed by atoms with E-state index in [1.807, 2.05) is 49.4 Å². The second-order valence-electron chi connectivity index (χ2n) is 4.61. The summed E-state index contributed by atoms with van der Waals surface area (Å²) in [4.78, 5) is 16.0. The van der Waals surface area contributed by atoms with Gasteiger partial charge in [0.05, 0.1) is 6.54 Å². The Morgan fingerprint density at radius 1 is 1.15 bits per heavy atom. The van der Waals surface area contributed by atoms with Gasteiger partial charge in [-0.2, -0.15) is 0 Å². The Labute approximate surface area is 119 Å². The lowest BCUT2D eigenvalue weighted by atomic mass is 10.2. The van der Waals surface area contributed by atoms with Crippen LogP contribution < -0.4 is 10.6 Å². The van der Waals surface area contributed by atoms with Gasteiger partial charge in [0.2, 0.25) is 5.91 Å². The molecule has 104 valence electrons. The molecule has 0 aliphatic heterocycles. The molecule has 4 nitrogen and oxygen atoms in total. The number of anilines is 1. The molecule has 0 bridgehead atoms. The fourth-order valence-electron chi connectivity index (χ4n) is 1.87. The molecule has 1 heterocycles. The average Bonchev–Trinajstić information content (AvgIpc) is 2.47. The molecule has 0 radical (unpaired) electrons. The number of nitrogens with zero attached hydrogens (tertiary/aromatic N) is 1. The van der Waals surface area contributed by atoms with Crippen LogP contribution in [0.15, 0.2) is 48.7 Å². The van der Waals surface area contributed by atoms with Crippen LogP contribution in [-0.4, -0.2) is 24.0 Å². The first-order valence-corrected chi connectivity index (χ1v) is 6.72. The second-order valence-corrected chi connectivity index (χ2v) is 4.61. The van der Waals surface area contributed by atoms with Crippen molar-refractivity contribution in [2.45, 2.75) is 13.3 Å². The summed E-state index contributed by atoms with van der Waals surface area (Å²) in [7, 11) is 0. The summed E-state index contributed by atoms with van der Waals surface area (Å²) >= 11 is 0. The monoisotopic (exact) mass is 269 g/mol. The summed E-state index contributed by atoms with van der Waals surface area (Å²) in [6, 6.07) is 13.6. The van der Waals surface area contributed by atoms with Crippen LogP contribution >= 0.6 is 0 Å². The fourth-order valence-corrected chi connectivity index (χ4v) is 1.87. The van der Waals surface area contributed by atoms with Gasteiger partial charge in [0.25, 0.3) is 0 Å². The molecule has 2 aromatic rings. The third-order valence-corrected chi connectivity index (χ3v) is 2.99. The SMILES string of the molecule is Cc1ccccc1NC(=O)CNCCc1ccccn1. The van der Waals surface area contributed by atoms with Crippen LogP contribution in [0.2, 0.25) is 0 Å². The lowest BCUT2D eigenvalue weighted by Crippen LogP contribution is -2.29. The summed E-state index contributed by atoms with van der Waals surface area (Å²) in [5.74, 6) is -0.0275. The maximum atomic E-state index is 11.8. The molecule has 1 amide bonds. The molecule has 4 heteroatoms. The molecule has 0 saturated carbocycles. The van der Waals surface area contributed by atoms with Crippen LogP contribution in [-0.2, 0) is 11.2 Å². The topological polar surface area (TPSA) is 54.0 Å². The number of aryl methyl sites for hydroxylation is 1. The zero-order chi connectivity index (χ0) is 14.2. The van der Waals surface area contributed by atoms with Crippen molar-refractivity contribution in [3.05, 3.63) is 59.9 Å². The minimum atomic E-state index is -0.0275. The Morgan fingerprint density at radius 3 is 2.70 bits per heavy atom. The molecule has 0 aliphatic rings. The van der Waals surface area contributed by atoms with Gasteiger partial charge < -0.3 is 10.6 Å². The number of carbonyl (C=O) groups excluding carboxylic acids is 1. The van der Waals surface area contributed by atoms with Crippen molar-refractivity contribution in [1.82, 2.24) is 10.3 Å². The molecule has 1 aromatic carbocycles. The van der Waals surface area contributed by atoms with E-state index in [0.29, 0.717) is 6.54 Å².